The lowest BCUT2D eigenvalue weighted by Gasteiger charge is -2.27. The van der Waals surface area contributed by atoms with E-state index < -0.39 is 0 Å². The normalized spacial score (nSPS) is 16.6. The van der Waals surface area contributed by atoms with Gasteiger partial charge in [-0.1, -0.05) is 48.2 Å². The summed E-state index contributed by atoms with van der Waals surface area (Å²) in [5, 5.41) is 13.8. The van der Waals surface area contributed by atoms with Crippen molar-refractivity contribution < 1.29 is 9.59 Å². The fourth-order valence-corrected chi connectivity index (χ4v) is 4.12. The molecule has 3 aromatic rings. The molecule has 1 N–H and O–H groups in total. The second kappa shape index (κ2) is 7.36. The van der Waals surface area contributed by atoms with Crippen molar-refractivity contribution in [3.8, 4) is 0 Å². The van der Waals surface area contributed by atoms with E-state index >= 15 is 0 Å². The number of fused-ring (bicyclic) bond motifs is 2. The molecule has 27 heavy (non-hydrogen) atoms. The second-order valence-electron chi connectivity index (χ2n) is 6.41. The first-order valence-corrected chi connectivity index (χ1v) is 9.66. The van der Waals surface area contributed by atoms with E-state index in [0.717, 1.165) is 21.5 Å². The Hall–Kier alpha value is -2.93. The zero-order chi connectivity index (χ0) is 18.8. The third-order valence-electron chi connectivity index (χ3n) is 4.50. The molecule has 0 unspecified atom stereocenters. The van der Waals surface area contributed by atoms with E-state index in [-0.39, 0.29) is 30.0 Å². The third-order valence-corrected chi connectivity index (χ3v) is 5.46. The molecule has 0 spiro atoms. The monoisotopic (exact) mass is 378 g/mol. The van der Waals surface area contributed by atoms with Crippen LogP contribution in [0.2, 0.25) is 0 Å². The highest BCUT2D eigenvalue weighted by Gasteiger charge is 2.29. The number of nitrogens with one attached hydrogen (secondary N) is 1. The molecule has 0 aliphatic carbocycles. The van der Waals surface area contributed by atoms with Gasteiger partial charge in [0.15, 0.2) is 0 Å². The molecule has 0 bridgehead atoms. The summed E-state index contributed by atoms with van der Waals surface area (Å²) in [4.78, 5) is 26.8. The van der Waals surface area contributed by atoms with Crippen LogP contribution in [-0.2, 0) is 9.59 Å². The van der Waals surface area contributed by atoms with E-state index in [4.69, 9.17) is 0 Å². The second-order valence-corrected chi connectivity index (χ2v) is 7.37. The van der Waals surface area contributed by atoms with Gasteiger partial charge in [-0.3, -0.25) is 9.59 Å². The number of nitrogens with zero attached hydrogens (tertiary/aromatic N) is 3. The topological polar surface area (TPSA) is 75.2 Å². The van der Waals surface area contributed by atoms with Crippen LogP contribution in [0.5, 0.6) is 0 Å². The van der Waals surface area contributed by atoms with Crippen molar-refractivity contribution in [2.75, 3.05) is 16.0 Å². The number of hydrogen-bond acceptors (Lipinski definition) is 5. The van der Waals surface area contributed by atoms with Gasteiger partial charge in [-0.25, -0.2) is 0 Å². The third kappa shape index (κ3) is 3.50. The summed E-state index contributed by atoms with van der Waals surface area (Å²) in [5.41, 5.74) is 1.39. The molecule has 2 heterocycles. The van der Waals surface area contributed by atoms with E-state index in [1.165, 1.54) is 11.8 Å². The van der Waals surface area contributed by atoms with Crippen LogP contribution in [-0.4, -0.2) is 33.8 Å². The summed E-state index contributed by atoms with van der Waals surface area (Å²) in [5.74, 6) is 0.0687. The molecule has 6 nitrogen and oxygen atoms in total. The molecule has 1 aliphatic heterocycles. The van der Waals surface area contributed by atoms with Crippen LogP contribution in [0.15, 0.2) is 59.8 Å². The van der Waals surface area contributed by atoms with Gasteiger partial charge in [-0.05, 0) is 19.1 Å². The molecule has 1 atom stereocenters. The summed E-state index contributed by atoms with van der Waals surface area (Å²) < 4.78 is 0. The Balaban J connectivity index is 1.59. The van der Waals surface area contributed by atoms with Gasteiger partial charge < -0.3 is 10.2 Å². The molecule has 0 saturated carbocycles. The highest BCUT2D eigenvalue weighted by Crippen LogP contribution is 2.32. The lowest BCUT2D eigenvalue weighted by molar-refractivity contribution is -0.117. The molecule has 7 heteroatoms. The summed E-state index contributed by atoms with van der Waals surface area (Å²) >= 11 is 1.37. The molecule has 2 aromatic carbocycles. The Morgan fingerprint density at radius 2 is 2.00 bits per heavy atom. The van der Waals surface area contributed by atoms with Crippen LogP contribution in [0.3, 0.4) is 0 Å². The Kier molecular flexibility index (Phi) is 4.77. The summed E-state index contributed by atoms with van der Waals surface area (Å²) in [6.07, 6.45) is 1.98. The number of thioether (sulfide) groups is 1. The number of carbonyl (C=O) groups is 2. The fraction of sp³-hybridized carbons (Fsp3) is 0.200. The fourth-order valence-electron chi connectivity index (χ4n) is 3.28. The first kappa shape index (κ1) is 17.5. The molecule has 1 aliphatic rings. The number of amides is 2. The van der Waals surface area contributed by atoms with Crippen LogP contribution < -0.4 is 10.2 Å². The Morgan fingerprint density at radius 3 is 2.89 bits per heavy atom. The zero-order valence-corrected chi connectivity index (χ0v) is 15.6. The van der Waals surface area contributed by atoms with Gasteiger partial charge in [0.2, 0.25) is 11.8 Å². The van der Waals surface area contributed by atoms with Gasteiger partial charge in [0.25, 0.3) is 0 Å². The Labute approximate surface area is 161 Å². The minimum Gasteiger partial charge on any atom is -0.324 e. The van der Waals surface area contributed by atoms with Crippen molar-refractivity contribution in [3.63, 3.8) is 0 Å². The van der Waals surface area contributed by atoms with Crippen LogP contribution in [0.25, 0.3) is 10.8 Å². The first-order valence-electron chi connectivity index (χ1n) is 8.67. The summed E-state index contributed by atoms with van der Waals surface area (Å²) in [7, 11) is 0. The van der Waals surface area contributed by atoms with Crippen molar-refractivity contribution in [1.29, 1.82) is 0 Å². The number of aromatic nitrogens is 2. The van der Waals surface area contributed by atoms with Gasteiger partial charge in [-0.15, -0.1) is 5.10 Å². The molecule has 0 saturated heterocycles. The van der Waals surface area contributed by atoms with Crippen molar-refractivity contribution in [3.05, 3.63) is 54.7 Å². The van der Waals surface area contributed by atoms with E-state index in [0.29, 0.717) is 5.69 Å². The Morgan fingerprint density at radius 1 is 1.22 bits per heavy atom. The van der Waals surface area contributed by atoms with E-state index in [9.17, 15) is 9.59 Å². The molecule has 1 aromatic heterocycles. The lowest BCUT2D eigenvalue weighted by atomic mass is 10.2. The molecule has 2 amide bonds. The van der Waals surface area contributed by atoms with Gasteiger partial charge in [-0.2, -0.15) is 5.10 Å². The van der Waals surface area contributed by atoms with Gasteiger partial charge in [0.05, 0.1) is 23.3 Å². The van der Waals surface area contributed by atoms with Crippen molar-refractivity contribution in [2.45, 2.75) is 24.4 Å². The van der Waals surface area contributed by atoms with E-state index in [1.807, 2.05) is 55.5 Å². The molecular formula is C20H18N4O2S. The van der Waals surface area contributed by atoms with Gasteiger partial charge in [0.1, 0.15) is 5.03 Å². The number of rotatable bonds is 3. The average Bonchev–Trinajstić information content (AvgIpc) is 2.80. The molecular weight excluding hydrogens is 360 g/mol. The number of carbonyl (C=O) groups excluding carboxylic acids is 2. The standard InChI is InChI=1S/C20H18N4O2S/c1-13-10-18(25)22-16-8-4-5-9-17(16)24(13)19(26)12-27-20-15-7-3-2-6-14(15)11-21-23-20/h2-9,11,13H,10,12H2,1H3,(H,22,25)/t13-/m0/s1. The van der Waals surface area contributed by atoms with Crippen LogP contribution >= 0.6 is 11.8 Å². The Bertz CT molecular complexity index is 1020. The van der Waals surface area contributed by atoms with Crippen LogP contribution in [0.1, 0.15) is 13.3 Å². The van der Waals surface area contributed by atoms with Crippen molar-refractivity contribution in [1.82, 2.24) is 10.2 Å². The molecule has 4 rings (SSSR count). The maximum atomic E-state index is 13.1. The highest BCUT2D eigenvalue weighted by atomic mass is 32.2. The average molecular weight is 378 g/mol. The predicted octanol–water partition coefficient (Wildman–Crippen LogP) is 3.49. The van der Waals surface area contributed by atoms with Gasteiger partial charge in [0, 0.05) is 23.2 Å². The number of hydrogen-bond donors (Lipinski definition) is 1. The quantitative estimate of drug-likeness (QED) is 0.706. The number of anilines is 2. The molecule has 0 fully saturated rings. The minimum absolute atomic E-state index is 0.0637. The number of para-hydroxylation sites is 2. The van der Waals surface area contributed by atoms with Crippen LogP contribution in [0.4, 0.5) is 11.4 Å². The first-order chi connectivity index (χ1) is 13.1. The molecule has 0 radical (unpaired) electrons. The van der Waals surface area contributed by atoms with E-state index in [1.54, 1.807) is 11.1 Å². The predicted molar refractivity (Wildman–Crippen MR) is 107 cm³/mol. The van der Waals surface area contributed by atoms with Crippen LogP contribution in [0, 0.1) is 0 Å². The number of benzene rings is 2. The zero-order valence-electron chi connectivity index (χ0n) is 14.8. The smallest absolute Gasteiger partial charge is 0.237 e. The minimum atomic E-state index is -0.222. The lowest BCUT2D eigenvalue weighted by Crippen LogP contribution is -2.40. The SMILES string of the molecule is C[C@H]1CC(=O)Nc2ccccc2N1C(=O)CSc1nncc2ccccc12. The summed E-state index contributed by atoms with van der Waals surface area (Å²) in [6.45, 7) is 1.89. The van der Waals surface area contributed by atoms with Crippen molar-refractivity contribution in [2.24, 2.45) is 0 Å². The van der Waals surface area contributed by atoms with Gasteiger partial charge >= 0.3 is 0 Å². The highest BCUT2D eigenvalue weighted by molar-refractivity contribution is 8.00. The van der Waals surface area contributed by atoms with E-state index in [2.05, 4.69) is 15.5 Å². The molecule has 136 valence electrons. The largest absolute Gasteiger partial charge is 0.324 e. The maximum absolute atomic E-state index is 13.1. The maximum Gasteiger partial charge on any atom is 0.237 e. The van der Waals surface area contributed by atoms with Crippen molar-refractivity contribution >= 4 is 45.7 Å². The summed E-state index contributed by atoms with van der Waals surface area (Å²) in [6, 6.07) is 15.0.